The zero-order valence-corrected chi connectivity index (χ0v) is 14.7. The molecule has 2 amide bonds. The fourth-order valence-electron chi connectivity index (χ4n) is 2.37. The number of carbonyl (C=O) groups is 2. The minimum absolute atomic E-state index is 0.294. The standard InChI is InChI=1S/C18H14ClFN4O3/c19-11-1-6-15-14(7-11)18(27)24(10-22-15)9-17(26)21-8-16(25)23-13-4-2-12(20)3-5-13/h1-7,10H,8-9H2,(H,21,26)(H,23,25). The van der Waals surface area contributed by atoms with Gasteiger partial charge in [-0.1, -0.05) is 11.6 Å². The van der Waals surface area contributed by atoms with Gasteiger partial charge in [0.05, 0.1) is 23.8 Å². The first-order valence-electron chi connectivity index (χ1n) is 7.89. The Kier molecular flexibility index (Phi) is 5.46. The van der Waals surface area contributed by atoms with Crippen molar-refractivity contribution in [1.82, 2.24) is 14.9 Å². The van der Waals surface area contributed by atoms with Crippen molar-refractivity contribution in [3.63, 3.8) is 0 Å². The molecular formula is C18H14ClFN4O3. The number of rotatable bonds is 5. The van der Waals surface area contributed by atoms with Crippen molar-refractivity contribution < 1.29 is 14.0 Å². The van der Waals surface area contributed by atoms with E-state index in [1.165, 1.54) is 36.7 Å². The summed E-state index contributed by atoms with van der Waals surface area (Å²) < 4.78 is 14.0. The lowest BCUT2D eigenvalue weighted by Crippen LogP contribution is -2.37. The maximum atomic E-state index is 12.8. The highest BCUT2D eigenvalue weighted by molar-refractivity contribution is 6.31. The number of hydrogen-bond donors (Lipinski definition) is 2. The molecule has 7 nitrogen and oxygen atoms in total. The van der Waals surface area contributed by atoms with E-state index in [4.69, 9.17) is 11.6 Å². The summed E-state index contributed by atoms with van der Waals surface area (Å²) in [6.07, 6.45) is 1.26. The second kappa shape index (κ2) is 7.96. The number of nitrogens with zero attached hydrogens (tertiary/aromatic N) is 2. The Morgan fingerprint density at radius 3 is 2.59 bits per heavy atom. The van der Waals surface area contributed by atoms with Crippen LogP contribution < -0.4 is 16.2 Å². The molecule has 0 aliphatic heterocycles. The highest BCUT2D eigenvalue weighted by Gasteiger charge is 2.10. The summed E-state index contributed by atoms with van der Waals surface area (Å²) in [7, 11) is 0. The van der Waals surface area contributed by atoms with Crippen LogP contribution in [0.5, 0.6) is 0 Å². The lowest BCUT2D eigenvalue weighted by molar-refractivity contribution is -0.124. The van der Waals surface area contributed by atoms with Crippen LogP contribution in [0.3, 0.4) is 0 Å². The van der Waals surface area contributed by atoms with Gasteiger partial charge in [-0.15, -0.1) is 0 Å². The topological polar surface area (TPSA) is 93.1 Å². The summed E-state index contributed by atoms with van der Waals surface area (Å²) in [5, 5.41) is 5.61. The maximum Gasteiger partial charge on any atom is 0.261 e. The smallest absolute Gasteiger partial charge is 0.261 e. The van der Waals surface area contributed by atoms with Gasteiger partial charge in [0.1, 0.15) is 12.4 Å². The van der Waals surface area contributed by atoms with E-state index in [1.807, 2.05) is 0 Å². The van der Waals surface area contributed by atoms with Crippen LogP contribution in [0.15, 0.2) is 53.6 Å². The first-order chi connectivity index (χ1) is 12.9. The molecule has 0 atom stereocenters. The zero-order chi connectivity index (χ0) is 19.4. The first kappa shape index (κ1) is 18.5. The molecule has 9 heteroatoms. The van der Waals surface area contributed by atoms with Crippen molar-refractivity contribution in [1.29, 1.82) is 0 Å². The Labute approximate surface area is 157 Å². The number of benzene rings is 2. The molecule has 0 saturated carbocycles. The Bertz CT molecular complexity index is 1070. The predicted molar refractivity (Wildman–Crippen MR) is 99.1 cm³/mol. The number of anilines is 1. The van der Waals surface area contributed by atoms with Crippen molar-refractivity contribution in [3.05, 3.63) is 70.0 Å². The summed E-state index contributed by atoms with van der Waals surface area (Å²) in [5.41, 5.74) is 0.468. The molecule has 138 valence electrons. The van der Waals surface area contributed by atoms with E-state index >= 15 is 0 Å². The number of carbonyl (C=O) groups excluding carboxylic acids is 2. The van der Waals surface area contributed by atoms with E-state index in [2.05, 4.69) is 15.6 Å². The van der Waals surface area contributed by atoms with Gasteiger partial charge in [-0.25, -0.2) is 9.37 Å². The Morgan fingerprint density at radius 1 is 1.11 bits per heavy atom. The lowest BCUT2D eigenvalue weighted by atomic mass is 10.2. The average Bonchev–Trinajstić information content (AvgIpc) is 2.65. The Morgan fingerprint density at radius 2 is 1.85 bits per heavy atom. The number of halogens is 2. The summed E-state index contributed by atoms with van der Waals surface area (Å²) in [6, 6.07) is 9.94. The molecule has 0 saturated heterocycles. The minimum Gasteiger partial charge on any atom is -0.345 e. The summed E-state index contributed by atoms with van der Waals surface area (Å²) in [6.45, 7) is -0.587. The van der Waals surface area contributed by atoms with Crippen molar-refractivity contribution >= 4 is 40.0 Å². The van der Waals surface area contributed by atoms with Crippen LogP contribution in [0.1, 0.15) is 0 Å². The van der Waals surface area contributed by atoms with Crippen LogP contribution in [-0.4, -0.2) is 27.9 Å². The quantitative estimate of drug-likeness (QED) is 0.698. The molecule has 0 unspecified atom stereocenters. The number of nitrogens with one attached hydrogen (secondary N) is 2. The van der Waals surface area contributed by atoms with E-state index in [0.29, 0.717) is 21.6 Å². The molecule has 0 spiro atoms. The van der Waals surface area contributed by atoms with Gasteiger partial charge in [-0.05, 0) is 42.5 Å². The molecule has 0 aliphatic carbocycles. The average molecular weight is 389 g/mol. The van der Waals surface area contributed by atoms with Gasteiger partial charge in [0, 0.05) is 10.7 Å². The first-order valence-corrected chi connectivity index (χ1v) is 8.27. The maximum absolute atomic E-state index is 12.8. The third-order valence-corrected chi connectivity index (χ3v) is 3.91. The fraction of sp³-hybridized carbons (Fsp3) is 0.111. The normalized spacial score (nSPS) is 10.6. The molecule has 27 heavy (non-hydrogen) atoms. The molecule has 0 radical (unpaired) electrons. The van der Waals surface area contributed by atoms with Gasteiger partial charge in [-0.3, -0.25) is 19.0 Å². The van der Waals surface area contributed by atoms with Crippen LogP contribution in [0, 0.1) is 5.82 Å². The number of amides is 2. The van der Waals surface area contributed by atoms with E-state index in [1.54, 1.807) is 12.1 Å². The summed E-state index contributed by atoms with van der Waals surface area (Å²) in [4.78, 5) is 40.3. The molecule has 2 N–H and O–H groups in total. The third kappa shape index (κ3) is 4.68. The van der Waals surface area contributed by atoms with Gasteiger partial charge in [0.2, 0.25) is 11.8 Å². The number of hydrogen-bond acceptors (Lipinski definition) is 4. The van der Waals surface area contributed by atoms with Crippen molar-refractivity contribution in [2.75, 3.05) is 11.9 Å². The third-order valence-electron chi connectivity index (χ3n) is 3.67. The fourth-order valence-corrected chi connectivity index (χ4v) is 2.54. The molecular weight excluding hydrogens is 375 g/mol. The second-order valence-electron chi connectivity index (χ2n) is 5.67. The zero-order valence-electron chi connectivity index (χ0n) is 13.9. The molecule has 2 aromatic carbocycles. The molecule has 3 rings (SSSR count). The van der Waals surface area contributed by atoms with Gasteiger partial charge >= 0.3 is 0 Å². The SMILES string of the molecule is O=C(Cn1cnc2ccc(Cl)cc2c1=O)NCC(=O)Nc1ccc(F)cc1. The van der Waals surface area contributed by atoms with E-state index in [-0.39, 0.29) is 13.1 Å². The van der Waals surface area contributed by atoms with Crippen molar-refractivity contribution in [2.24, 2.45) is 0 Å². The summed E-state index contributed by atoms with van der Waals surface area (Å²) >= 11 is 5.89. The highest BCUT2D eigenvalue weighted by Crippen LogP contribution is 2.14. The minimum atomic E-state index is -0.533. The monoisotopic (exact) mass is 388 g/mol. The molecule has 1 aromatic heterocycles. The molecule has 3 aromatic rings. The predicted octanol–water partition coefficient (Wildman–Crippen LogP) is 1.94. The van der Waals surface area contributed by atoms with Gasteiger partial charge in [0.25, 0.3) is 5.56 Å². The Hall–Kier alpha value is -3.26. The lowest BCUT2D eigenvalue weighted by Gasteiger charge is -2.09. The van der Waals surface area contributed by atoms with E-state index < -0.39 is 23.2 Å². The number of aromatic nitrogens is 2. The molecule has 0 fully saturated rings. The second-order valence-corrected chi connectivity index (χ2v) is 6.11. The van der Waals surface area contributed by atoms with Crippen LogP contribution in [-0.2, 0) is 16.1 Å². The largest absolute Gasteiger partial charge is 0.345 e. The van der Waals surface area contributed by atoms with Crippen molar-refractivity contribution in [2.45, 2.75) is 6.54 Å². The van der Waals surface area contributed by atoms with Crippen molar-refractivity contribution in [3.8, 4) is 0 Å². The molecule has 0 bridgehead atoms. The Balaban J connectivity index is 1.60. The molecule has 1 heterocycles. The van der Waals surface area contributed by atoms with E-state index in [9.17, 15) is 18.8 Å². The van der Waals surface area contributed by atoms with Gasteiger partial charge in [-0.2, -0.15) is 0 Å². The van der Waals surface area contributed by atoms with Gasteiger partial charge in [0.15, 0.2) is 0 Å². The van der Waals surface area contributed by atoms with Crippen LogP contribution in [0.25, 0.3) is 10.9 Å². The highest BCUT2D eigenvalue weighted by atomic mass is 35.5. The molecule has 0 aliphatic rings. The van der Waals surface area contributed by atoms with Crippen LogP contribution in [0.2, 0.25) is 5.02 Å². The number of fused-ring (bicyclic) bond motifs is 1. The van der Waals surface area contributed by atoms with E-state index in [0.717, 1.165) is 4.57 Å². The van der Waals surface area contributed by atoms with Crippen LogP contribution in [0.4, 0.5) is 10.1 Å². The van der Waals surface area contributed by atoms with Gasteiger partial charge < -0.3 is 10.6 Å². The summed E-state index contributed by atoms with van der Waals surface area (Å²) in [5.74, 6) is -1.43. The van der Waals surface area contributed by atoms with Crippen LogP contribution >= 0.6 is 11.6 Å².